The SMILES string of the molecule is CCC(C)[C@H](N)C(=O)Nc1cc(Cl)ccc1Br. The summed E-state index contributed by atoms with van der Waals surface area (Å²) in [4.78, 5) is 11.9. The molecule has 3 nitrogen and oxygen atoms in total. The van der Waals surface area contributed by atoms with Crippen molar-refractivity contribution in [3.05, 3.63) is 27.7 Å². The quantitative estimate of drug-likeness (QED) is 0.893. The van der Waals surface area contributed by atoms with Gasteiger partial charge in [0.05, 0.1) is 11.7 Å². The number of rotatable bonds is 4. The molecule has 0 bridgehead atoms. The van der Waals surface area contributed by atoms with Crippen molar-refractivity contribution < 1.29 is 4.79 Å². The summed E-state index contributed by atoms with van der Waals surface area (Å²) in [5.74, 6) is -0.0460. The lowest BCUT2D eigenvalue weighted by Crippen LogP contribution is -2.40. The van der Waals surface area contributed by atoms with Gasteiger partial charge in [0.1, 0.15) is 0 Å². The van der Waals surface area contributed by atoms with Gasteiger partial charge in [-0.25, -0.2) is 0 Å². The van der Waals surface area contributed by atoms with Gasteiger partial charge in [0.2, 0.25) is 5.91 Å². The van der Waals surface area contributed by atoms with Crippen LogP contribution in [0.3, 0.4) is 0 Å². The Labute approximate surface area is 115 Å². The first kappa shape index (κ1) is 14.5. The van der Waals surface area contributed by atoms with E-state index in [4.69, 9.17) is 17.3 Å². The average Bonchev–Trinajstić information content (AvgIpc) is 2.31. The number of anilines is 1. The van der Waals surface area contributed by atoms with E-state index >= 15 is 0 Å². The molecule has 2 atom stereocenters. The molecule has 0 aliphatic carbocycles. The summed E-state index contributed by atoms with van der Waals surface area (Å²) < 4.78 is 0.784. The number of amides is 1. The molecule has 94 valence electrons. The molecular weight excluding hydrogens is 304 g/mol. The predicted molar refractivity (Wildman–Crippen MR) is 75.2 cm³/mol. The van der Waals surface area contributed by atoms with Gasteiger partial charge in [0, 0.05) is 9.50 Å². The fraction of sp³-hybridized carbons (Fsp3) is 0.417. The fourth-order valence-electron chi connectivity index (χ4n) is 1.32. The number of carbonyl (C=O) groups excluding carboxylic acids is 1. The Hall–Kier alpha value is -0.580. The lowest BCUT2D eigenvalue weighted by molar-refractivity contribution is -0.118. The third-order valence-corrected chi connectivity index (χ3v) is 3.67. The highest BCUT2D eigenvalue weighted by Gasteiger charge is 2.20. The van der Waals surface area contributed by atoms with E-state index in [-0.39, 0.29) is 11.8 Å². The molecule has 1 rings (SSSR count). The standard InChI is InChI=1S/C12H16BrClN2O/c1-3-7(2)11(15)12(17)16-10-6-8(14)4-5-9(10)13/h4-7,11H,3,15H2,1-2H3,(H,16,17)/t7?,11-/m0/s1. The number of nitrogens with two attached hydrogens (primary N) is 1. The second kappa shape index (κ2) is 6.38. The Bertz CT molecular complexity index is 411. The van der Waals surface area contributed by atoms with E-state index in [0.29, 0.717) is 10.7 Å². The van der Waals surface area contributed by atoms with Crippen molar-refractivity contribution in [1.29, 1.82) is 0 Å². The minimum atomic E-state index is -0.508. The van der Waals surface area contributed by atoms with E-state index in [0.717, 1.165) is 10.9 Å². The molecule has 0 aliphatic rings. The normalized spacial score (nSPS) is 14.2. The van der Waals surface area contributed by atoms with Crippen LogP contribution in [0.5, 0.6) is 0 Å². The molecule has 0 spiro atoms. The van der Waals surface area contributed by atoms with Crippen molar-refractivity contribution in [2.24, 2.45) is 11.7 Å². The average molecular weight is 320 g/mol. The smallest absolute Gasteiger partial charge is 0.241 e. The van der Waals surface area contributed by atoms with Crippen molar-refractivity contribution in [3.63, 3.8) is 0 Å². The maximum atomic E-state index is 11.9. The van der Waals surface area contributed by atoms with Gasteiger partial charge in [-0.3, -0.25) is 4.79 Å². The fourth-order valence-corrected chi connectivity index (χ4v) is 1.84. The van der Waals surface area contributed by atoms with E-state index in [1.165, 1.54) is 0 Å². The Kier molecular flexibility index (Phi) is 5.43. The summed E-state index contributed by atoms with van der Waals surface area (Å²) in [6.45, 7) is 3.96. The first-order valence-electron chi connectivity index (χ1n) is 5.47. The number of benzene rings is 1. The molecule has 17 heavy (non-hydrogen) atoms. The van der Waals surface area contributed by atoms with E-state index < -0.39 is 6.04 Å². The highest BCUT2D eigenvalue weighted by Crippen LogP contribution is 2.26. The molecule has 1 unspecified atom stereocenters. The maximum absolute atomic E-state index is 11.9. The van der Waals surface area contributed by atoms with Gasteiger partial charge in [-0.2, -0.15) is 0 Å². The highest BCUT2D eigenvalue weighted by atomic mass is 79.9. The zero-order valence-electron chi connectivity index (χ0n) is 9.84. The highest BCUT2D eigenvalue weighted by molar-refractivity contribution is 9.10. The van der Waals surface area contributed by atoms with E-state index in [1.807, 2.05) is 13.8 Å². The Morgan fingerprint density at radius 1 is 1.59 bits per heavy atom. The summed E-state index contributed by atoms with van der Waals surface area (Å²) in [6.07, 6.45) is 0.866. The Morgan fingerprint density at radius 2 is 2.24 bits per heavy atom. The summed E-state index contributed by atoms with van der Waals surface area (Å²) in [5.41, 5.74) is 6.49. The van der Waals surface area contributed by atoms with Gasteiger partial charge in [-0.15, -0.1) is 0 Å². The van der Waals surface area contributed by atoms with Crippen LogP contribution in [0.4, 0.5) is 5.69 Å². The van der Waals surface area contributed by atoms with Gasteiger partial charge in [-0.1, -0.05) is 31.9 Å². The van der Waals surface area contributed by atoms with E-state index in [1.54, 1.807) is 18.2 Å². The summed E-state index contributed by atoms with van der Waals surface area (Å²) in [5, 5.41) is 3.34. The second-order valence-corrected chi connectivity index (χ2v) is 5.32. The van der Waals surface area contributed by atoms with Crippen LogP contribution in [0, 0.1) is 5.92 Å². The Balaban J connectivity index is 2.77. The van der Waals surface area contributed by atoms with Crippen molar-refractivity contribution in [1.82, 2.24) is 0 Å². The molecule has 1 aromatic carbocycles. The molecule has 5 heteroatoms. The van der Waals surface area contributed by atoms with Gasteiger partial charge in [0.25, 0.3) is 0 Å². The lowest BCUT2D eigenvalue weighted by Gasteiger charge is -2.18. The molecule has 1 amide bonds. The maximum Gasteiger partial charge on any atom is 0.241 e. The van der Waals surface area contributed by atoms with Crippen molar-refractivity contribution in [2.45, 2.75) is 26.3 Å². The van der Waals surface area contributed by atoms with Crippen molar-refractivity contribution >= 4 is 39.1 Å². The largest absolute Gasteiger partial charge is 0.324 e. The molecule has 0 saturated carbocycles. The minimum Gasteiger partial charge on any atom is -0.324 e. The van der Waals surface area contributed by atoms with Crippen LogP contribution in [0.2, 0.25) is 5.02 Å². The second-order valence-electron chi connectivity index (χ2n) is 4.02. The summed E-state index contributed by atoms with van der Waals surface area (Å²) in [7, 11) is 0. The molecule has 0 saturated heterocycles. The molecule has 3 N–H and O–H groups in total. The van der Waals surface area contributed by atoms with Crippen LogP contribution in [-0.4, -0.2) is 11.9 Å². The molecule has 0 aromatic heterocycles. The summed E-state index contributed by atoms with van der Waals surface area (Å²) in [6, 6.07) is 4.71. The molecule has 0 aliphatic heterocycles. The first-order valence-corrected chi connectivity index (χ1v) is 6.64. The van der Waals surface area contributed by atoms with Crippen molar-refractivity contribution in [3.8, 4) is 0 Å². The van der Waals surface area contributed by atoms with Gasteiger partial charge < -0.3 is 11.1 Å². The van der Waals surface area contributed by atoms with Crippen LogP contribution in [0.25, 0.3) is 0 Å². The number of carbonyl (C=O) groups is 1. The lowest BCUT2D eigenvalue weighted by atomic mass is 9.99. The molecule has 0 fully saturated rings. The third-order valence-electron chi connectivity index (χ3n) is 2.75. The number of nitrogens with one attached hydrogen (secondary N) is 1. The topological polar surface area (TPSA) is 55.1 Å². The van der Waals surface area contributed by atoms with Crippen LogP contribution in [0.1, 0.15) is 20.3 Å². The molecule has 0 radical (unpaired) electrons. The molecule has 1 aromatic rings. The van der Waals surface area contributed by atoms with Crippen LogP contribution < -0.4 is 11.1 Å². The zero-order valence-corrected chi connectivity index (χ0v) is 12.2. The van der Waals surface area contributed by atoms with Crippen LogP contribution in [0.15, 0.2) is 22.7 Å². The number of hydrogen-bond donors (Lipinski definition) is 2. The number of halogens is 2. The monoisotopic (exact) mass is 318 g/mol. The minimum absolute atomic E-state index is 0.146. The zero-order chi connectivity index (χ0) is 13.0. The van der Waals surface area contributed by atoms with E-state index in [9.17, 15) is 4.79 Å². The Morgan fingerprint density at radius 3 is 2.82 bits per heavy atom. The van der Waals surface area contributed by atoms with Gasteiger partial charge >= 0.3 is 0 Å². The van der Waals surface area contributed by atoms with Crippen LogP contribution >= 0.6 is 27.5 Å². The number of hydrogen-bond acceptors (Lipinski definition) is 2. The first-order chi connectivity index (χ1) is 7.95. The van der Waals surface area contributed by atoms with E-state index in [2.05, 4.69) is 21.2 Å². The summed E-state index contributed by atoms with van der Waals surface area (Å²) >= 11 is 9.21. The molecule has 0 heterocycles. The van der Waals surface area contributed by atoms with Crippen LogP contribution in [-0.2, 0) is 4.79 Å². The van der Waals surface area contributed by atoms with Crippen molar-refractivity contribution in [2.75, 3.05) is 5.32 Å². The molecular formula is C12H16BrClN2O. The van der Waals surface area contributed by atoms with Gasteiger partial charge in [-0.05, 0) is 40.0 Å². The predicted octanol–water partition coefficient (Wildman–Crippen LogP) is 3.41. The third kappa shape index (κ3) is 3.98. The van der Waals surface area contributed by atoms with Gasteiger partial charge in [0.15, 0.2) is 0 Å².